The Balaban J connectivity index is 1.37. The second-order valence-corrected chi connectivity index (χ2v) is 13.1. The van der Waals surface area contributed by atoms with Crippen LogP contribution in [0.1, 0.15) is 69.4 Å². The zero-order valence-electron chi connectivity index (χ0n) is 26.3. The molecule has 0 unspecified atom stereocenters. The average molecular weight is 618 g/mol. The van der Waals surface area contributed by atoms with Gasteiger partial charge in [-0.15, -0.1) is 6.58 Å². The van der Waals surface area contributed by atoms with E-state index in [0.29, 0.717) is 19.4 Å². The Hall–Kier alpha value is -3.95. The van der Waals surface area contributed by atoms with Gasteiger partial charge in [0.05, 0.1) is 6.54 Å². The average Bonchev–Trinajstić information content (AvgIpc) is 3.67. The number of urea groups is 1. The van der Waals surface area contributed by atoms with Crippen LogP contribution in [0.4, 0.5) is 4.79 Å². The van der Waals surface area contributed by atoms with Gasteiger partial charge in [0.15, 0.2) is 0 Å². The Morgan fingerprint density at radius 2 is 1.76 bits per heavy atom. The van der Waals surface area contributed by atoms with Crippen LogP contribution in [0.15, 0.2) is 49.1 Å². The number of hydrogen-bond acceptors (Lipinski definition) is 5. The first-order valence-corrected chi connectivity index (χ1v) is 16.6. The predicted molar refractivity (Wildman–Crippen MR) is 171 cm³/mol. The van der Waals surface area contributed by atoms with Gasteiger partial charge in [-0.3, -0.25) is 19.2 Å². The van der Waals surface area contributed by atoms with Crippen molar-refractivity contribution in [3.8, 4) is 0 Å². The molecule has 4 N–H and O–H groups in total. The van der Waals surface area contributed by atoms with Crippen molar-refractivity contribution in [2.45, 2.75) is 88.8 Å². The Kier molecular flexibility index (Phi) is 10.4. The lowest BCUT2D eigenvalue weighted by Gasteiger charge is -2.38. The third-order valence-corrected chi connectivity index (χ3v) is 10.4. The molecule has 1 saturated carbocycles. The van der Waals surface area contributed by atoms with E-state index >= 15 is 0 Å². The molecule has 1 aliphatic heterocycles. The number of amides is 5. The lowest BCUT2D eigenvalue weighted by molar-refractivity contribution is -0.142. The van der Waals surface area contributed by atoms with E-state index in [0.717, 1.165) is 51.4 Å². The molecule has 5 amide bonds. The fourth-order valence-corrected chi connectivity index (χ4v) is 7.86. The Morgan fingerprint density at radius 3 is 2.42 bits per heavy atom. The largest absolute Gasteiger partial charge is 0.347 e. The molecule has 242 valence electrons. The van der Waals surface area contributed by atoms with Crippen LogP contribution in [0.25, 0.3) is 0 Å². The van der Waals surface area contributed by atoms with E-state index in [4.69, 9.17) is 0 Å². The molecule has 4 atom stereocenters. The number of nitrogens with zero attached hydrogens (tertiary/aromatic N) is 1. The summed E-state index contributed by atoms with van der Waals surface area (Å²) in [5.74, 6) is -2.60. The Labute approximate surface area is 265 Å². The predicted octanol–water partition coefficient (Wildman–Crippen LogP) is 2.96. The fourth-order valence-electron chi connectivity index (χ4n) is 7.86. The first-order chi connectivity index (χ1) is 21.7. The first-order valence-electron chi connectivity index (χ1n) is 16.6. The molecule has 0 aromatic heterocycles. The van der Waals surface area contributed by atoms with Crippen molar-refractivity contribution in [2.24, 2.45) is 17.8 Å². The number of ketones is 1. The molecule has 10 nitrogen and oxygen atoms in total. The van der Waals surface area contributed by atoms with Gasteiger partial charge in [0.25, 0.3) is 5.91 Å². The lowest BCUT2D eigenvalue weighted by Crippen LogP contribution is -2.61. The van der Waals surface area contributed by atoms with Crippen LogP contribution in [0.3, 0.4) is 0 Å². The van der Waals surface area contributed by atoms with E-state index in [2.05, 4.69) is 59.1 Å². The number of benzene rings is 1. The topological polar surface area (TPSA) is 137 Å². The number of carbonyl (C=O) groups excluding carboxylic acids is 5. The first kappa shape index (κ1) is 32.4. The second kappa shape index (κ2) is 14.4. The summed E-state index contributed by atoms with van der Waals surface area (Å²) in [6.45, 7) is 5.65. The highest BCUT2D eigenvalue weighted by molar-refractivity contribution is 6.37. The fraction of sp³-hybridized carbons (Fsp3) is 0.571. The van der Waals surface area contributed by atoms with Gasteiger partial charge in [0, 0.05) is 18.6 Å². The molecule has 2 fully saturated rings. The van der Waals surface area contributed by atoms with E-state index in [1.165, 1.54) is 17.2 Å². The summed E-state index contributed by atoms with van der Waals surface area (Å²) in [5, 5.41) is 11.4. The number of allylic oxidation sites excluding steroid dienone is 1. The molecule has 4 aliphatic rings. The van der Waals surface area contributed by atoms with E-state index in [1.54, 1.807) is 4.90 Å². The minimum atomic E-state index is -0.833. The summed E-state index contributed by atoms with van der Waals surface area (Å²) in [7, 11) is 0. The number of carbonyl (C=O) groups is 5. The van der Waals surface area contributed by atoms with Crippen molar-refractivity contribution >= 4 is 29.5 Å². The third kappa shape index (κ3) is 7.31. The van der Waals surface area contributed by atoms with Gasteiger partial charge in [-0.1, -0.05) is 68.7 Å². The number of fused-ring (bicyclic) bond motifs is 2. The van der Waals surface area contributed by atoms with Gasteiger partial charge in [-0.05, 0) is 73.8 Å². The molecule has 0 bridgehead atoms. The van der Waals surface area contributed by atoms with Crippen LogP contribution in [0, 0.1) is 17.8 Å². The SMILES string of the molecule is C=CCNC(=O)C(=O)CNC(=O)[C@@H]1[C@H]2CCC=C[C@H]2CN1C(=O)[C@@H](NC(=O)NC1(CC)CCCCC1)C1Cc2ccccc2C1. The van der Waals surface area contributed by atoms with Gasteiger partial charge in [-0.25, -0.2) is 4.79 Å². The zero-order chi connectivity index (χ0) is 32.0. The van der Waals surface area contributed by atoms with E-state index in [1.807, 2.05) is 12.1 Å². The maximum absolute atomic E-state index is 14.6. The number of hydrogen-bond donors (Lipinski definition) is 4. The summed E-state index contributed by atoms with van der Waals surface area (Å²) in [6, 6.07) is 6.12. The highest BCUT2D eigenvalue weighted by Crippen LogP contribution is 2.39. The quantitative estimate of drug-likeness (QED) is 0.224. The van der Waals surface area contributed by atoms with Crippen LogP contribution in [-0.4, -0.2) is 71.7 Å². The summed E-state index contributed by atoms with van der Waals surface area (Å²) >= 11 is 0. The summed E-state index contributed by atoms with van der Waals surface area (Å²) in [4.78, 5) is 68.1. The monoisotopic (exact) mass is 617 g/mol. The molecule has 1 heterocycles. The molecule has 3 aliphatic carbocycles. The summed E-state index contributed by atoms with van der Waals surface area (Å²) in [6.07, 6.45) is 14.4. The molecule has 1 aromatic carbocycles. The van der Waals surface area contributed by atoms with Crippen molar-refractivity contribution in [1.29, 1.82) is 0 Å². The smallest absolute Gasteiger partial charge is 0.315 e. The van der Waals surface area contributed by atoms with Crippen molar-refractivity contribution in [1.82, 2.24) is 26.2 Å². The zero-order valence-corrected chi connectivity index (χ0v) is 26.3. The normalized spacial score (nSPS) is 24.1. The molecule has 10 heteroatoms. The molecule has 1 aromatic rings. The highest BCUT2D eigenvalue weighted by atomic mass is 16.2. The highest BCUT2D eigenvalue weighted by Gasteiger charge is 2.50. The number of nitrogens with one attached hydrogen (secondary N) is 4. The minimum absolute atomic E-state index is 0.00843. The van der Waals surface area contributed by atoms with Crippen molar-refractivity contribution in [3.05, 3.63) is 60.2 Å². The number of Topliss-reactive ketones (excluding diaryl/α,β-unsaturated/α-hetero) is 1. The molecule has 0 spiro atoms. The standard InChI is InChI=1S/C35H47N5O5/c1-3-18-36-31(42)28(41)21-37-32(43)30-27-15-9-8-14-25(27)22-40(30)33(44)29(26-19-23-12-6-7-13-24(23)20-26)38-34(45)39-35(4-2)16-10-5-11-17-35/h3,6-8,12-14,25-27,29-30H,1,4-5,9-11,15-22H2,2H3,(H,36,42)(H,37,43)(H2,38,39,45)/t25-,27-,29-,30-/m0/s1. The maximum Gasteiger partial charge on any atom is 0.315 e. The Bertz CT molecular complexity index is 1310. The summed E-state index contributed by atoms with van der Waals surface area (Å²) in [5.41, 5.74) is 2.05. The van der Waals surface area contributed by atoms with Gasteiger partial charge in [-0.2, -0.15) is 0 Å². The van der Waals surface area contributed by atoms with Crippen LogP contribution < -0.4 is 21.3 Å². The third-order valence-electron chi connectivity index (χ3n) is 10.4. The van der Waals surface area contributed by atoms with Crippen molar-refractivity contribution in [2.75, 3.05) is 19.6 Å². The summed E-state index contributed by atoms with van der Waals surface area (Å²) < 4.78 is 0. The molecule has 5 rings (SSSR count). The molecule has 1 saturated heterocycles. The van der Waals surface area contributed by atoms with Gasteiger partial charge < -0.3 is 26.2 Å². The molecular formula is C35H47N5O5. The molecular weight excluding hydrogens is 570 g/mol. The minimum Gasteiger partial charge on any atom is -0.347 e. The van der Waals surface area contributed by atoms with E-state index < -0.39 is 36.2 Å². The maximum atomic E-state index is 14.6. The van der Waals surface area contributed by atoms with Gasteiger partial charge in [0.2, 0.25) is 17.6 Å². The van der Waals surface area contributed by atoms with Crippen LogP contribution in [-0.2, 0) is 32.0 Å². The van der Waals surface area contributed by atoms with Crippen LogP contribution >= 0.6 is 0 Å². The van der Waals surface area contributed by atoms with E-state index in [-0.39, 0.29) is 41.8 Å². The van der Waals surface area contributed by atoms with Gasteiger partial charge >= 0.3 is 6.03 Å². The van der Waals surface area contributed by atoms with Gasteiger partial charge in [0.1, 0.15) is 12.1 Å². The van der Waals surface area contributed by atoms with E-state index in [9.17, 15) is 24.0 Å². The molecule has 45 heavy (non-hydrogen) atoms. The second-order valence-electron chi connectivity index (χ2n) is 13.1. The molecule has 0 radical (unpaired) electrons. The van der Waals surface area contributed by atoms with Crippen molar-refractivity contribution in [3.63, 3.8) is 0 Å². The number of likely N-dealkylation sites (tertiary alicyclic amines) is 1. The van der Waals surface area contributed by atoms with Crippen molar-refractivity contribution < 1.29 is 24.0 Å². The Morgan fingerprint density at radius 1 is 1.04 bits per heavy atom. The van der Waals surface area contributed by atoms with Crippen LogP contribution in [0.5, 0.6) is 0 Å². The lowest BCUT2D eigenvalue weighted by atomic mass is 9.80. The number of rotatable bonds is 11. The van der Waals surface area contributed by atoms with Crippen LogP contribution in [0.2, 0.25) is 0 Å².